The molecule has 3 fully saturated rings. The number of imide groups is 1. The molecular formula is C22H26N4O5. The van der Waals surface area contributed by atoms with Crippen molar-refractivity contribution in [1.82, 2.24) is 20.4 Å². The maximum Gasteiger partial charge on any atom is 0.260 e. The van der Waals surface area contributed by atoms with Gasteiger partial charge in [-0.3, -0.25) is 24.5 Å². The Morgan fingerprint density at radius 1 is 1.16 bits per heavy atom. The van der Waals surface area contributed by atoms with Crippen LogP contribution in [-0.2, 0) is 20.9 Å². The van der Waals surface area contributed by atoms with Gasteiger partial charge in [-0.2, -0.15) is 0 Å². The third-order valence-electron chi connectivity index (χ3n) is 6.84. The molecule has 0 aromatic heterocycles. The van der Waals surface area contributed by atoms with E-state index in [-0.39, 0.29) is 37.3 Å². The summed E-state index contributed by atoms with van der Waals surface area (Å²) in [6, 6.07) is 4.87. The molecule has 164 valence electrons. The van der Waals surface area contributed by atoms with Crippen LogP contribution in [0.4, 0.5) is 0 Å². The molecule has 4 amide bonds. The van der Waals surface area contributed by atoms with Crippen molar-refractivity contribution in [2.75, 3.05) is 26.2 Å². The van der Waals surface area contributed by atoms with E-state index in [1.165, 1.54) is 4.90 Å². The van der Waals surface area contributed by atoms with Crippen LogP contribution >= 0.6 is 0 Å². The summed E-state index contributed by atoms with van der Waals surface area (Å²) in [6.07, 6.45) is 2.81. The van der Waals surface area contributed by atoms with Gasteiger partial charge in [0.1, 0.15) is 11.8 Å². The molecule has 1 unspecified atom stereocenters. The topological polar surface area (TPSA) is 108 Å². The van der Waals surface area contributed by atoms with E-state index in [9.17, 15) is 19.2 Å². The Labute approximate surface area is 180 Å². The summed E-state index contributed by atoms with van der Waals surface area (Å²) in [5.41, 5.74) is 1.16. The Bertz CT molecular complexity index is 934. The van der Waals surface area contributed by atoms with Crippen LogP contribution in [0.5, 0.6) is 5.75 Å². The van der Waals surface area contributed by atoms with Crippen LogP contribution < -0.4 is 15.4 Å². The first-order valence-electron chi connectivity index (χ1n) is 10.9. The second-order valence-electron chi connectivity index (χ2n) is 8.73. The number of benzene rings is 1. The van der Waals surface area contributed by atoms with E-state index in [0.29, 0.717) is 41.8 Å². The molecule has 0 spiro atoms. The standard InChI is InChI=1S/C22H26N4O5/c27-19-7-6-17(21(29)24-19)26-10-15-14(22(26)30)4-1-5-18(15)31-12-20(28)25-9-13-3-2-8-23-16(13)11-25/h1,4-5,13,16-17,23H,2-3,6-12H2,(H,24,27,29)/t13-,16+,17?/m0/s1. The van der Waals surface area contributed by atoms with Crippen LogP contribution in [0.2, 0.25) is 0 Å². The summed E-state index contributed by atoms with van der Waals surface area (Å²) in [6.45, 7) is 2.62. The van der Waals surface area contributed by atoms with E-state index >= 15 is 0 Å². The van der Waals surface area contributed by atoms with Gasteiger partial charge in [0.25, 0.3) is 11.8 Å². The highest BCUT2D eigenvalue weighted by atomic mass is 16.5. The minimum atomic E-state index is -0.674. The molecule has 0 radical (unpaired) electrons. The Kier molecular flexibility index (Phi) is 5.13. The van der Waals surface area contributed by atoms with Crippen LogP contribution in [0.3, 0.4) is 0 Å². The summed E-state index contributed by atoms with van der Waals surface area (Å²) in [7, 11) is 0. The molecule has 9 heteroatoms. The van der Waals surface area contributed by atoms with Gasteiger partial charge < -0.3 is 19.9 Å². The molecular weight excluding hydrogens is 400 g/mol. The molecule has 1 aromatic carbocycles. The molecule has 1 aromatic rings. The van der Waals surface area contributed by atoms with E-state index in [1.54, 1.807) is 18.2 Å². The van der Waals surface area contributed by atoms with Crippen molar-refractivity contribution in [3.05, 3.63) is 29.3 Å². The lowest BCUT2D eigenvalue weighted by Crippen LogP contribution is -2.52. The predicted molar refractivity (Wildman–Crippen MR) is 109 cm³/mol. The molecule has 4 heterocycles. The number of ether oxygens (including phenoxy) is 1. The van der Waals surface area contributed by atoms with Crippen molar-refractivity contribution < 1.29 is 23.9 Å². The Morgan fingerprint density at radius 2 is 2.03 bits per heavy atom. The molecule has 4 aliphatic heterocycles. The normalized spacial score (nSPS) is 27.7. The lowest BCUT2D eigenvalue weighted by atomic mass is 9.94. The van der Waals surface area contributed by atoms with E-state index in [1.807, 2.05) is 4.90 Å². The van der Waals surface area contributed by atoms with E-state index in [4.69, 9.17) is 4.74 Å². The number of hydrogen-bond acceptors (Lipinski definition) is 6. The molecule has 5 rings (SSSR count). The van der Waals surface area contributed by atoms with Crippen LogP contribution in [0, 0.1) is 5.92 Å². The van der Waals surface area contributed by atoms with Crippen molar-refractivity contribution in [3.63, 3.8) is 0 Å². The third kappa shape index (κ3) is 3.67. The highest BCUT2D eigenvalue weighted by Gasteiger charge is 2.40. The highest BCUT2D eigenvalue weighted by molar-refractivity contribution is 6.05. The number of fused-ring (bicyclic) bond motifs is 2. The molecule has 3 saturated heterocycles. The second kappa shape index (κ2) is 7.96. The lowest BCUT2D eigenvalue weighted by Gasteiger charge is -2.29. The Morgan fingerprint density at radius 3 is 2.84 bits per heavy atom. The number of rotatable bonds is 4. The first-order valence-corrected chi connectivity index (χ1v) is 10.9. The van der Waals surface area contributed by atoms with E-state index in [2.05, 4.69) is 10.6 Å². The minimum Gasteiger partial charge on any atom is -0.483 e. The summed E-state index contributed by atoms with van der Waals surface area (Å²) in [5, 5.41) is 5.79. The van der Waals surface area contributed by atoms with Crippen molar-refractivity contribution in [1.29, 1.82) is 0 Å². The van der Waals surface area contributed by atoms with Gasteiger partial charge in [0, 0.05) is 36.7 Å². The zero-order valence-corrected chi connectivity index (χ0v) is 17.3. The highest BCUT2D eigenvalue weighted by Crippen LogP contribution is 2.33. The van der Waals surface area contributed by atoms with Gasteiger partial charge >= 0.3 is 0 Å². The quantitative estimate of drug-likeness (QED) is 0.658. The van der Waals surface area contributed by atoms with Crippen LogP contribution in [-0.4, -0.2) is 71.8 Å². The SMILES string of the molecule is O=C1CCC(N2Cc3c(OCC(=O)N4C[C@@H]5CCCN[C@@H]5C4)cccc3C2=O)C(=O)N1. The predicted octanol–water partition coefficient (Wildman–Crippen LogP) is 0.0368. The van der Waals surface area contributed by atoms with Crippen molar-refractivity contribution in [3.8, 4) is 5.75 Å². The fourth-order valence-electron chi connectivity index (χ4n) is 5.17. The van der Waals surface area contributed by atoms with Crippen molar-refractivity contribution in [2.24, 2.45) is 5.92 Å². The van der Waals surface area contributed by atoms with Gasteiger partial charge in [-0.25, -0.2) is 0 Å². The molecule has 9 nitrogen and oxygen atoms in total. The number of amides is 4. The van der Waals surface area contributed by atoms with Gasteiger partial charge in [0.15, 0.2) is 6.61 Å². The molecule has 3 atom stereocenters. The molecule has 4 aliphatic rings. The molecule has 0 aliphatic carbocycles. The maximum atomic E-state index is 12.9. The number of carbonyl (C=O) groups is 4. The van der Waals surface area contributed by atoms with Gasteiger partial charge in [-0.05, 0) is 43.9 Å². The molecule has 31 heavy (non-hydrogen) atoms. The summed E-state index contributed by atoms with van der Waals surface area (Å²) in [4.78, 5) is 52.6. The van der Waals surface area contributed by atoms with E-state index < -0.39 is 11.9 Å². The summed E-state index contributed by atoms with van der Waals surface area (Å²) < 4.78 is 5.86. The van der Waals surface area contributed by atoms with Crippen LogP contribution in [0.15, 0.2) is 18.2 Å². The zero-order chi connectivity index (χ0) is 21.5. The molecule has 0 saturated carbocycles. The molecule has 2 N–H and O–H groups in total. The monoisotopic (exact) mass is 426 g/mol. The Balaban J connectivity index is 1.25. The van der Waals surface area contributed by atoms with Gasteiger partial charge in [0.2, 0.25) is 11.8 Å². The number of piperidine rings is 2. The number of hydrogen-bond donors (Lipinski definition) is 2. The zero-order valence-electron chi connectivity index (χ0n) is 17.3. The second-order valence-corrected chi connectivity index (χ2v) is 8.73. The average Bonchev–Trinajstić information content (AvgIpc) is 3.34. The lowest BCUT2D eigenvalue weighted by molar-refractivity contribution is -0.137. The minimum absolute atomic E-state index is 0.0554. The Hall–Kier alpha value is -2.94. The molecule has 0 bridgehead atoms. The number of carbonyl (C=O) groups excluding carboxylic acids is 4. The van der Waals surface area contributed by atoms with Gasteiger partial charge in [-0.15, -0.1) is 0 Å². The largest absolute Gasteiger partial charge is 0.483 e. The fourth-order valence-corrected chi connectivity index (χ4v) is 5.17. The van der Waals surface area contributed by atoms with Crippen molar-refractivity contribution in [2.45, 2.75) is 44.3 Å². The summed E-state index contributed by atoms with van der Waals surface area (Å²) >= 11 is 0. The first kappa shape index (κ1) is 20.0. The van der Waals surface area contributed by atoms with Crippen LogP contribution in [0.1, 0.15) is 41.6 Å². The fraction of sp³-hybridized carbons (Fsp3) is 0.545. The average molecular weight is 426 g/mol. The summed E-state index contributed by atoms with van der Waals surface area (Å²) in [5.74, 6) is -0.0673. The van der Waals surface area contributed by atoms with Crippen LogP contribution in [0.25, 0.3) is 0 Å². The van der Waals surface area contributed by atoms with E-state index in [0.717, 1.165) is 25.9 Å². The van der Waals surface area contributed by atoms with Crippen molar-refractivity contribution >= 4 is 23.6 Å². The third-order valence-corrected chi connectivity index (χ3v) is 6.84. The number of nitrogens with zero attached hydrogens (tertiary/aromatic N) is 2. The van der Waals surface area contributed by atoms with Gasteiger partial charge in [0.05, 0.1) is 6.54 Å². The number of likely N-dealkylation sites (tertiary alicyclic amines) is 1. The smallest absolute Gasteiger partial charge is 0.260 e. The van der Waals surface area contributed by atoms with Gasteiger partial charge in [-0.1, -0.05) is 6.07 Å². The number of nitrogens with one attached hydrogen (secondary N) is 2. The first-order chi connectivity index (χ1) is 15.0. The maximum absolute atomic E-state index is 12.9.